The summed E-state index contributed by atoms with van der Waals surface area (Å²) in [5.74, 6) is 0. The highest BCUT2D eigenvalue weighted by molar-refractivity contribution is 7.92. The van der Waals surface area contributed by atoms with Crippen LogP contribution in [0.4, 0.5) is 5.69 Å². The first-order valence-corrected chi connectivity index (χ1v) is 10.3. The highest BCUT2D eigenvalue weighted by Gasteiger charge is 2.20. The molecule has 0 radical (unpaired) electrons. The van der Waals surface area contributed by atoms with Gasteiger partial charge in [-0.3, -0.25) is 4.72 Å². The van der Waals surface area contributed by atoms with E-state index in [0.29, 0.717) is 15.7 Å². The number of benzene rings is 2. The fourth-order valence-electron chi connectivity index (χ4n) is 3.38. The zero-order valence-corrected chi connectivity index (χ0v) is 15.6. The van der Waals surface area contributed by atoms with Crippen molar-refractivity contribution < 1.29 is 8.42 Å². The van der Waals surface area contributed by atoms with Crippen LogP contribution in [0.3, 0.4) is 0 Å². The van der Waals surface area contributed by atoms with Crippen LogP contribution in [0.15, 0.2) is 41.3 Å². The molecule has 25 heavy (non-hydrogen) atoms. The monoisotopic (exact) mass is 394 g/mol. The third kappa shape index (κ3) is 3.24. The van der Waals surface area contributed by atoms with Crippen LogP contribution in [0.2, 0.25) is 10.0 Å². The maximum absolute atomic E-state index is 12.8. The van der Waals surface area contributed by atoms with E-state index in [9.17, 15) is 8.42 Å². The summed E-state index contributed by atoms with van der Waals surface area (Å²) in [7, 11) is -3.72. The first kappa shape index (κ1) is 16.8. The second-order valence-corrected chi connectivity index (χ2v) is 8.82. The number of hydrogen-bond acceptors (Lipinski definition) is 2. The third-order valence-corrected chi connectivity index (χ3v) is 6.31. The van der Waals surface area contributed by atoms with Crippen LogP contribution in [0.1, 0.15) is 24.1 Å². The Morgan fingerprint density at radius 1 is 0.960 bits per heavy atom. The molecule has 2 N–H and O–H groups in total. The van der Waals surface area contributed by atoms with E-state index in [0.717, 1.165) is 30.2 Å². The van der Waals surface area contributed by atoms with Crippen molar-refractivity contribution in [2.24, 2.45) is 0 Å². The summed E-state index contributed by atoms with van der Waals surface area (Å²) in [6.45, 7) is 0. The number of rotatable bonds is 3. The normalized spacial score (nSPS) is 14.5. The van der Waals surface area contributed by atoms with E-state index >= 15 is 0 Å². The Bertz CT molecular complexity index is 1050. The first-order valence-electron chi connectivity index (χ1n) is 8.05. The molecule has 1 aliphatic carbocycles. The average molecular weight is 395 g/mol. The summed E-state index contributed by atoms with van der Waals surface area (Å²) < 4.78 is 28.0. The molecule has 7 heteroatoms. The Morgan fingerprint density at radius 2 is 1.68 bits per heavy atom. The average Bonchev–Trinajstić information content (AvgIpc) is 2.91. The smallest absolute Gasteiger partial charge is 0.261 e. The van der Waals surface area contributed by atoms with Gasteiger partial charge in [0.1, 0.15) is 0 Å². The lowest BCUT2D eigenvalue weighted by atomic mass is 9.96. The van der Waals surface area contributed by atoms with Crippen molar-refractivity contribution in [2.75, 3.05) is 4.72 Å². The maximum Gasteiger partial charge on any atom is 0.261 e. The van der Waals surface area contributed by atoms with Crippen molar-refractivity contribution in [1.29, 1.82) is 0 Å². The van der Waals surface area contributed by atoms with Crippen LogP contribution >= 0.6 is 23.2 Å². The predicted molar refractivity (Wildman–Crippen MR) is 102 cm³/mol. The Labute approximate surface area is 156 Å². The molecule has 3 aromatic rings. The lowest BCUT2D eigenvalue weighted by Gasteiger charge is -2.11. The van der Waals surface area contributed by atoms with Crippen molar-refractivity contribution in [3.63, 3.8) is 0 Å². The number of halogens is 2. The van der Waals surface area contributed by atoms with E-state index in [1.54, 1.807) is 18.2 Å². The molecule has 1 aliphatic rings. The molecule has 0 saturated heterocycles. The van der Waals surface area contributed by atoms with Crippen molar-refractivity contribution in [2.45, 2.75) is 30.6 Å². The molecule has 2 aromatic carbocycles. The lowest BCUT2D eigenvalue weighted by molar-refractivity contribution is 0.601. The van der Waals surface area contributed by atoms with Gasteiger partial charge in [0.05, 0.1) is 10.6 Å². The number of sulfonamides is 1. The summed E-state index contributed by atoms with van der Waals surface area (Å²) >= 11 is 11.9. The fourth-order valence-corrected chi connectivity index (χ4v) is 4.97. The molecule has 0 bridgehead atoms. The fraction of sp³-hybridized carbons (Fsp3) is 0.222. The molecule has 0 aliphatic heterocycles. The molecule has 4 nitrogen and oxygen atoms in total. The molecule has 0 amide bonds. The van der Waals surface area contributed by atoms with E-state index in [1.165, 1.54) is 29.8 Å². The largest absolute Gasteiger partial charge is 0.358 e. The van der Waals surface area contributed by atoms with E-state index in [-0.39, 0.29) is 4.90 Å². The van der Waals surface area contributed by atoms with Crippen molar-refractivity contribution >= 4 is 49.8 Å². The van der Waals surface area contributed by atoms with Gasteiger partial charge in [0.2, 0.25) is 0 Å². The van der Waals surface area contributed by atoms with Gasteiger partial charge in [0, 0.05) is 26.6 Å². The Hall–Kier alpha value is -1.69. The summed E-state index contributed by atoms with van der Waals surface area (Å²) in [5, 5.41) is 1.74. The topological polar surface area (TPSA) is 62.0 Å². The van der Waals surface area contributed by atoms with Gasteiger partial charge in [-0.1, -0.05) is 23.2 Å². The molecule has 1 heterocycles. The summed E-state index contributed by atoms with van der Waals surface area (Å²) in [6, 6.07) is 9.79. The van der Waals surface area contributed by atoms with E-state index in [4.69, 9.17) is 23.2 Å². The van der Waals surface area contributed by atoms with E-state index < -0.39 is 10.0 Å². The molecule has 0 atom stereocenters. The van der Waals surface area contributed by atoms with Crippen molar-refractivity contribution in [3.8, 4) is 0 Å². The number of hydrogen-bond donors (Lipinski definition) is 2. The van der Waals surface area contributed by atoms with Gasteiger partial charge in [-0.05, 0) is 67.6 Å². The number of aryl methyl sites for hydroxylation is 2. The molecule has 0 unspecified atom stereocenters. The van der Waals surface area contributed by atoms with Crippen LogP contribution in [0.25, 0.3) is 10.9 Å². The van der Waals surface area contributed by atoms with Gasteiger partial charge < -0.3 is 4.98 Å². The Balaban J connectivity index is 1.74. The zero-order chi connectivity index (χ0) is 17.6. The van der Waals surface area contributed by atoms with Gasteiger partial charge in [-0.15, -0.1) is 0 Å². The standard InChI is InChI=1S/C18H16Cl2N2O2S/c19-11-7-12(20)9-13(8-11)22-25(23,24)14-5-6-18-16(10-14)15-3-1-2-4-17(15)21-18/h5-10,21-22H,1-4H2. The number of fused-ring (bicyclic) bond motifs is 3. The molecule has 130 valence electrons. The molecular formula is C18H16Cl2N2O2S. The number of H-pyrrole nitrogens is 1. The molecule has 0 spiro atoms. The SMILES string of the molecule is O=S(=O)(Nc1cc(Cl)cc(Cl)c1)c1ccc2[nH]c3c(c2c1)CCCC3. The molecule has 0 saturated carbocycles. The number of aromatic amines is 1. The van der Waals surface area contributed by atoms with E-state index in [1.807, 2.05) is 6.07 Å². The van der Waals surface area contributed by atoms with Gasteiger partial charge in [0.25, 0.3) is 10.0 Å². The molecular weight excluding hydrogens is 379 g/mol. The van der Waals surface area contributed by atoms with Crippen LogP contribution in [0.5, 0.6) is 0 Å². The minimum absolute atomic E-state index is 0.225. The maximum atomic E-state index is 12.8. The number of nitrogens with one attached hydrogen (secondary N) is 2. The molecule has 0 fully saturated rings. The van der Waals surface area contributed by atoms with Crippen LogP contribution < -0.4 is 4.72 Å². The van der Waals surface area contributed by atoms with Gasteiger partial charge in [0.15, 0.2) is 0 Å². The zero-order valence-electron chi connectivity index (χ0n) is 13.3. The predicted octanol–water partition coefficient (Wildman–Crippen LogP) is 5.15. The van der Waals surface area contributed by atoms with Crippen LogP contribution in [-0.4, -0.2) is 13.4 Å². The van der Waals surface area contributed by atoms with Crippen molar-refractivity contribution in [1.82, 2.24) is 4.98 Å². The minimum Gasteiger partial charge on any atom is -0.358 e. The van der Waals surface area contributed by atoms with Crippen LogP contribution in [0, 0.1) is 0 Å². The van der Waals surface area contributed by atoms with Crippen molar-refractivity contribution in [3.05, 3.63) is 57.7 Å². The first-order chi connectivity index (χ1) is 11.9. The third-order valence-electron chi connectivity index (χ3n) is 4.49. The van der Waals surface area contributed by atoms with Gasteiger partial charge in [-0.2, -0.15) is 0 Å². The number of aromatic nitrogens is 1. The van der Waals surface area contributed by atoms with Gasteiger partial charge in [-0.25, -0.2) is 8.42 Å². The highest BCUT2D eigenvalue weighted by Crippen LogP contribution is 2.31. The number of anilines is 1. The summed E-state index contributed by atoms with van der Waals surface area (Å²) in [5.41, 5.74) is 3.79. The Morgan fingerprint density at radius 3 is 2.44 bits per heavy atom. The minimum atomic E-state index is -3.72. The van der Waals surface area contributed by atoms with Gasteiger partial charge >= 0.3 is 0 Å². The van der Waals surface area contributed by atoms with E-state index in [2.05, 4.69) is 9.71 Å². The van der Waals surface area contributed by atoms with Crippen LogP contribution in [-0.2, 0) is 22.9 Å². The Kier molecular flexibility index (Phi) is 4.18. The molecule has 4 rings (SSSR count). The molecule has 1 aromatic heterocycles. The lowest BCUT2D eigenvalue weighted by Crippen LogP contribution is -2.13. The second-order valence-electron chi connectivity index (χ2n) is 6.26. The highest BCUT2D eigenvalue weighted by atomic mass is 35.5. The summed E-state index contributed by atoms with van der Waals surface area (Å²) in [6.07, 6.45) is 4.31. The second kappa shape index (κ2) is 6.24. The quantitative estimate of drug-likeness (QED) is 0.644. The summed E-state index contributed by atoms with van der Waals surface area (Å²) in [4.78, 5) is 3.63.